The third-order valence-electron chi connectivity index (χ3n) is 5.13. The second-order valence-electron chi connectivity index (χ2n) is 6.89. The third kappa shape index (κ3) is 3.16. The van der Waals surface area contributed by atoms with Crippen LogP contribution in [0.3, 0.4) is 0 Å². The zero-order chi connectivity index (χ0) is 20.9. The highest BCUT2D eigenvalue weighted by molar-refractivity contribution is 5.96. The molecule has 29 heavy (non-hydrogen) atoms. The largest absolute Gasteiger partial charge is 0.335 e. The maximum absolute atomic E-state index is 13.8. The number of amides is 1. The van der Waals surface area contributed by atoms with Gasteiger partial charge in [-0.05, 0) is 48.2 Å². The van der Waals surface area contributed by atoms with E-state index < -0.39 is 29.1 Å². The Morgan fingerprint density at radius 3 is 2.48 bits per heavy atom. The van der Waals surface area contributed by atoms with Crippen LogP contribution < -0.4 is 5.56 Å². The molecule has 0 fully saturated rings. The van der Waals surface area contributed by atoms with Crippen molar-refractivity contribution in [3.05, 3.63) is 87.9 Å². The van der Waals surface area contributed by atoms with Crippen LogP contribution >= 0.6 is 0 Å². The molecule has 1 unspecified atom stereocenters. The number of nitrogens with one attached hydrogen (secondary N) is 1. The molecule has 0 aliphatic heterocycles. The number of fused-ring (bicyclic) bond motifs is 2. The highest BCUT2D eigenvalue weighted by Crippen LogP contribution is 2.28. The number of carbonyl (C=O) groups excluding carboxylic acids is 1. The van der Waals surface area contributed by atoms with Crippen molar-refractivity contribution in [2.45, 2.75) is 13.0 Å². The van der Waals surface area contributed by atoms with E-state index in [1.165, 1.54) is 34.0 Å². The van der Waals surface area contributed by atoms with Gasteiger partial charge in [0.2, 0.25) is 0 Å². The van der Waals surface area contributed by atoms with Gasteiger partial charge in [0, 0.05) is 31.2 Å². The lowest BCUT2D eigenvalue weighted by molar-refractivity contribution is 0.0743. The minimum Gasteiger partial charge on any atom is -0.335 e. The Hall–Kier alpha value is -3.55. The van der Waals surface area contributed by atoms with E-state index in [9.17, 15) is 22.8 Å². The van der Waals surface area contributed by atoms with Crippen molar-refractivity contribution in [3.8, 4) is 0 Å². The molecule has 0 spiro atoms. The summed E-state index contributed by atoms with van der Waals surface area (Å²) in [7, 11) is 1.56. The van der Waals surface area contributed by atoms with Crippen LogP contribution in [0.1, 0.15) is 28.9 Å². The van der Waals surface area contributed by atoms with Gasteiger partial charge in [-0.25, -0.2) is 13.2 Å². The van der Waals surface area contributed by atoms with Crippen LogP contribution in [0.25, 0.3) is 16.3 Å². The first-order valence-electron chi connectivity index (χ1n) is 8.81. The van der Waals surface area contributed by atoms with Gasteiger partial charge >= 0.3 is 0 Å². The Morgan fingerprint density at radius 2 is 1.76 bits per heavy atom. The second-order valence-corrected chi connectivity index (χ2v) is 6.89. The summed E-state index contributed by atoms with van der Waals surface area (Å²) in [6.45, 7) is 1.71. The van der Waals surface area contributed by atoms with E-state index in [2.05, 4.69) is 4.98 Å². The molecule has 0 aliphatic carbocycles. The number of hydrogen-bond acceptors (Lipinski definition) is 2. The summed E-state index contributed by atoms with van der Waals surface area (Å²) in [5, 5.41) is 0.225. The topological polar surface area (TPSA) is 57.6 Å². The molecule has 4 aromatic rings. The van der Waals surface area contributed by atoms with E-state index >= 15 is 0 Å². The van der Waals surface area contributed by atoms with E-state index in [-0.39, 0.29) is 16.7 Å². The Balaban J connectivity index is 1.74. The van der Waals surface area contributed by atoms with Crippen LogP contribution in [0.2, 0.25) is 0 Å². The number of carbonyl (C=O) groups is 1. The van der Waals surface area contributed by atoms with Crippen molar-refractivity contribution < 1.29 is 18.0 Å². The van der Waals surface area contributed by atoms with Gasteiger partial charge in [0.15, 0.2) is 11.6 Å². The maximum atomic E-state index is 13.8. The summed E-state index contributed by atoms with van der Waals surface area (Å²) in [6, 6.07) is 5.73. The number of aromatic nitrogens is 2. The minimum atomic E-state index is -1.12. The molecule has 4 rings (SSSR count). The van der Waals surface area contributed by atoms with Crippen molar-refractivity contribution in [1.82, 2.24) is 14.3 Å². The zero-order valence-electron chi connectivity index (χ0n) is 15.5. The van der Waals surface area contributed by atoms with Gasteiger partial charge in [-0.3, -0.25) is 9.59 Å². The zero-order valence-corrected chi connectivity index (χ0v) is 15.5. The first-order chi connectivity index (χ1) is 13.8. The molecule has 3 heterocycles. The molecule has 5 nitrogen and oxygen atoms in total. The van der Waals surface area contributed by atoms with Crippen LogP contribution in [-0.4, -0.2) is 27.2 Å². The Bertz CT molecular complexity index is 1330. The van der Waals surface area contributed by atoms with Crippen molar-refractivity contribution in [2.75, 3.05) is 7.05 Å². The van der Waals surface area contributed by atoms with Gasteiger partial charge < -0.3 is 14.3 Å². The number of benzene rings is 1. The fraction of sp³-hybridized carbons (Fsp3) is 0.143. The maximum Gasteiger partial charge on any atom is 0.255 e. The molecule has 1 atom stereocenters. The number of nitrogens with zero attached hydrogens (tertiary/aromatic N) is 2. The predicted octanol–water partition coefficient (Wildman–Crippen LogP) is 4.03. The SMILES string of the molecule is CC(c1c[nH]c(=O)c2cc(F)c(F)cc12)N(C)C(=O)c1cc2ccc(F)cn2c1. The summed E-state index contributed by atoms with van der Waals surface area (Å²) in [6.07, 6.45) is 4.17. The van der Waals surface area contributed by atoms with Crippen LogP contribution in [0.5, 0.6) is 0 Å². The van der Waals surface area contributed by atoms with Crippen LogP contribution in [0.15, 0.2) is 53.7 Å². The average molecular weight is 399 g/mol. The van der Waals surface area contributed by atoms with E-state index in [4.69, 9.17) is 0 Å². The number of halogens is 3. The fourth-order valence-corrected chi connectivity index (χ4v) is 3.41. The normalized spacial score (nSPS) is 12.4. The predicted molar refractivity (Wildman–Crippen MR) is 102 cm³/mol. The van der Waals surface area contributed by atoms with E-state index in [0.29, 0.717) is 16.6 Å². The van der Waals surface area contributed by atoms with Crippen molar-refractivity contribution in [1.29, 1.82) is 0 Å². The molecule has 148 valence electrons. The molecule has 0 aliphatic rings. The van der Waals surface area contributed by atoms with E-state index in [1.807, 2.05) is 0 Å². The number of H-pyrrole nitrogens is 1. The second kappa shape index (κ2) is 6.80. The molecule has 3 aromatic heterocycles. The summed E-state index contributed by atoms with van der Waals surface area (Å²) >= 11 is 0. The van der Waals surface area contributed by atoms with E-state index in [0.717, 1.165) is 12.1 Å². The van der Waals surface area contributed by atoms with Crippen LogP contribution in [0, 0.1) is 17.5 Å². The van der Waals surface area contributed by atoms with Gasteiger partial charge in [0.05, 0.1) is 17.0 Å². The summed E-state index contributed by atoms with van der Waals surface area (Å²) in [5.41, 5.74) is 0.910. The number of hydrogen-bond donors (Lipinski definition) is 1. The molecule has 1 amide bonds. The Morgan fingerprint density at radius 1 is 1.07 bits per heavy atom. The summed E-state index contributed by atoms with van der Waals surface area (Å²) < 4.78 is 42.3. The van der Waals surface area contributed by atoms with Crippen LogP contribution in [0.4, 0.5) is 13.2 Å². The number of pyridine rings is 2. The first-order valence-corrected chi connectivity index (χ1v) is 8.81. The van der Waals surface area contributed by atoms with Gasteiger partial charge in [0.25, 0.3) is 11.5 Å². The molecular formula is C21H16F3N3O2. The number of aromatic amines is 1. The first kappa shape index (κ1) is 18.8. The van der Waals surface area contributed by atoms with Crippen molar-refractivity contribution in [2.24, 2.45) is 0 Å². The van der Waals surface area contributed by atoms with Gasteiger partial charge in [-0.1, -0.05) is 0 Å². The fourth-order valence-electron chi connectivity index (χ4n) is 3.41. The lowest BCUT2D eigenvalue weighted by Crippen LogP contribution is -2.30. The number of rotatable bonds is 3. The summed E-state index contributed by atoms with van der Waals surface area (Å²) in [4.78, 5) is 28.9. The average Bonchev–Trinajstić information content (AvgIpc) is 3.11. The molecule has 0 radical (unpaired) electrons. The molecule has 0 bridgehead atoms. The highest BCUT2D eigenvalue weighted by Gasteiger charge is 2.23. The van der Waals surface area contributed by atoms with Gasteiger partial charge in [-0.2, -0.15) is 0 Å². The van der Waals surface area contributed by atoms with E-state index in [1.54, 1.807) is 26.1 Å². The lowest BCUT2D eigenvalue weighted by atomic mass is 10.0. The highest BCUT2D eigenvalue weighted by atomic mass is 19.2. The standard InChI is InChI=1S/C21H16F3N3O2/c1-11(17-8-25-20(28)16-7-19(24)18(23)6-15(16)17)26(2)21(29)12-5-14-4-3-13(22)10-27(14)9-12/h3-11H,1-2H3,(H,25,28). The Kier molecular flexibility index (Phi) is 4.41. The molecule has 0 saturated heterocycles. The van der Waals surface area contributed by atoms with Gasteiger partial charge in [-0.15, -0.1) is 0 Å². The summed E-state index contributed by atoms with van der Waals surface area (Å²) in [5.74, 6) is -2.97. The monoisotopic (exact) mass is 399 g/mol. The van der Waals surface area contributed by atoms with Crippen LogP contribution in [-0.2, 0) is 0 Å². The Labute approximate surface area is 163 Å². The quantitative estimate of drug-likeness (QED) is 0.566. The van der Waals surface area contributed by atoms with Gasteiger partial charge in [0.1, 0.15) is 5.82 Å². The minimum absolute atomic E-state index is 0.000760. The lowest BCUT2D eigenvalue weighted by Gasteiger charge is -2.26. The van der Waals surface area contributed by atoms with Crippen molar-refractivity contribution in [3.63, 3.8) is 0 Å². The smallest absolute Gasteiger partial charge is 0.255 e. The molecule has 0 saturated carbocycles. The molecule has 1 aromatic carbocycles. The van der Waals surface area contributed by atoms with Crippen molar-refractivity contribution >= 4 is 22.2 Å². The molecule has 8 heteroatoms. The third-order valence-corrected chi connectivity index (χ3v) is 5.13. The molecule has 1 N–H and O–H groups in total. The molecular weight excluding hydrogens is 383 g/mol.